The average molecular weight is 274 g/mol. The second kappa shape index (κ2) is 7.50. The largest absolute Gasteiger partial charge is 0.317 e. The Morgan fingerprint density at radius 2 is 2.11 bits per heavy atom. The van der Waals surface area contributed by atoms with E-state index in [1.807, 2.05) is 6.92 Å². The molecule has 1 heterocycles. The number of aromatic nitrogens is 2. The van der Waals surface area contributed by atoms with Gasteiger partial charge in [-0.2, -0.15) is 5.10 Å². The predicted molar refractivity (Wildman–Crippen MR) is 70.9 cm³/mol. The minimum atomic E-state index is -3.39. The summed E-state index contributed by atoms with van der Waals surface area (Å²) in [5.41, 5.74) is 0. The summed E-state index contributed by atoms with van der Waals surface area (Å²) < 4.78 is 27.8. The first-order valence-electron chi connectivity index (χ1n) is 6.33. The fourth-order valence-electron chi connectivity index (χ4n) is 1.47. The molecule has 0 aromatic carbocycles. The van der Waals surface area contributed by atoms with Crippen LogP contribution in [0.3, 0.4) is 0 Å². The van der Waals surface area contributed by atoms with Gasteiger partial charge in [0.1, 0.15) is 4.90 Å². The van der Waals surface area contributed by atoms with E-state index in [1.54, 1.807) is 10.9 Å². The lowest BCUT2D eigenvalue weighted by atomic mass is 10.4. The van der Waals surface area contributed by atoms with Crippen LogP contribution in [-0.2, 0) is 16.6 Å². The Hall–Kier alpha value is -0.920. The van der Waals surface area contributed by atoms with Gasteiger partial charge >= 0.3 is 0 Å². The highest BCUT2D eigenvalue weighted by atomic mass is 32.2. The Morgan fingerprint density at radius 1 is 1.33 bits per heavy atom. The molecule has 2 N–H and O–H groups in total. The Balaban J connectivity index is 2.52. The molecule has 0 saturated carbocycles. The van der Waals surface area contributed by atoms with Crippen molar-refractivity contribution in [2.75, 3.05) is 19.6 Å². The summed E-state index contributed by atoms with van der Waals surface area (Å²) in [6, 6.07) is 0. The van der Waals surface area contributed by atoms with E-state index in [-0.39, 0.29) is 4.90 Å². The summed E-state index contributed by atoms with van der Waals surface area (Å²) in [4.78, 5) is 0.236. The molecule has 0 amide bonds. The van der Waals surface area contributed by atoms with Crippen LogP contribution in [0.2, 0.25) is 0 Å². The van der Waals surface area contributed by atoms with Crippen LogP contribution in [0.15, 0.2) is 17.3 Å². The highest BCUT2D eigenvalue weighted by Gasteiger charge is 2.15. The zero-order valence-corrected chi connectivity index (χ0v) is 11.8. The van der Waals surface area contributed by atoms with E-state index >= 15 is 0 Å². The third kappa shape index (κ3) is 4.75. The molecular weight excluding hydrogens is 252 g/mol. The van der Waals surface area contributed by atoms with Crippen LogP contribution >= 0.6 is 0 Å². The molecule has 0 bridgehead atoms. The molecule has 0 aliphatic rings. The normalized spacial score (nSPS) is 11.9. The Labute approximate surface area is 109 Å². The van der Waals surface area contributed by atoms with Gasteiger partial charge in [0.25, 0.3) is 0 Å². The topological polar surface area (TPSA) is 76.0 Å². The number of hydrogen-bond acceptors (Lipinski definition) is 4. The number of aryl methyl sites for hydroxylation is 1. The number of hydrogen-bond donors (Lipinski definition) is 2. The molecule has 7 heteroatoms. The molecule has 104 valence electrons. The van der Waals surface area contributed by atoms with E-state index in [0.29, 0.717) is 6.54 Å². The highest BCUT2D eigenvalue weighted by molar-refractivity contribution is 7.89. The number of sulfonamides is 1. The van der Waals surface area contributed by atoms with Crippen molar-refractivity contribution in [3.63, 3.8) is 0 Å². The maximum absolute atomic E-state index is 11.8. The first-order chi connectivity index (χ1) is 8.60. The van der Waals surface area contributed by atoms with Crippen LogP contribution in [0.25, 0.3) is 0 Å². The van der Waals surface area contributed by atoms with Crippen molar-refractivity contribution >= 4 is 10.0 Å². The predicted octanol–water partition coefficient (Wildman–Crippen LogP) is 0.571. The molecule has 0 aliphatic heterocycles. The van der Waals surface area contributed by atoms with Gasteiger partial charge < -0.3 is 5.32 Å². The van der Waals surface area contributed by atoms with Gasteiger partial charge in [-0.25, -0.2) is 13.1 Å². The lowest BCUT2D eigenvalue weighted by Crippen LogP contribution is -2.24. The Bertz CT molecular complexity index is 442. The lowest BCUT2D eigenvalue weighted by Gasteiger charge is -2.03. The summed E-state index contributed by atoms with van der Waals surface area (Å²) >= 11 is 0. The Kier molecular flexibility index (Phi) is 6.31. The first-order valence-corrected chi connectivity index (χ1v) is 7.81. The quantitative estimate of drug-likeness (QED) is 0.646. The zero-order chi connectivity index (χ0) is 13.4. The highest BCUT2D eigenvalue weighted by Crippen LogP contribution is 2.07. The molecule has 0 atom stereocenters. The smallest absolute Gasteiger partial charge is 0.243 e. The van der Waals surface area contributed by atoms with Crippen molar-refractivity contribution in [3.8, 4) is 0 Å². The van der Waals surface area contributed by atoms with Crippen molar-refractivity contribution in [2.45, 2.75) is 38.1 Å². The molecule has 18 heavy (non-hydrogen) atoms. The fraction of sp³-hybridized carbons (Fsp3) is 0.727. The third-order valence-corrected chi connectivity index (χ3v) is 3.87. The molecule has 0 fully saturated rings. The monoisotopic (exact) mass is 274 g/mol. The summed E-state index contributed by atoms with van der Waals surface area (Å²) in [5.74, 6) is 0. The van der Waals surface area contributed by atoms with E-state index < -0.39 is 10.0 Å². The number of nitrogens with zero attached hydrogens (tertiary/aromatic N) is 2. The van der Waals surface area contributed by atoms with E-state index in [9.17, 15) is 8.42 Å². The van der Waals surface area contributed by atoms with Crippen molar-refractivity contribution in [3.05, 3.63) is 12.4 Å². The summed E-state index contributed by atoms with van der Waals surface area (Å²) in [6.07, 6.45) is 4.67. The van der Waals surface area contributed by atoms with Crippen molar-refractivity contribution in [1.82, 2.24) is 19.8 Å². The van der Waals surface area contributed by atoms with Gasteiger partial charge in [0, 0.05) is 19.3 Å². The molecular formula is C11H22N4O2S. The minimum Gasteiger partial charge on any atom is -0.317 e. The third-order valence-electron chi connectivity index (χ3n) is 2.45. The second-order valence-electron chi connectivity index (χ2n) is 4.04. The van der Waals surface area contributed by atoms with Gasteiger partial charge in [-0.05, 0) is 25.9 Å². The van der Waals surface area contributed by atoms with Crippen LogP contribution in [0.1, 0.15) is 26.7 Å². The van der Waals surface area contributed by atoms with Crippen LogP contribution in [0.5, 0.6) is 0 Å². The molecule has 0 unspecified atom stereocenters. The molecule has 1 aromatic heterocycles. The van der Waals surface area contributed by atoms with Crippen molar-refractivity contribution in [1.29, 1.82) is 0 Å². The van der Waals surface area contributed by atoms with Crippen molar-refractivity contribution in [2.24, 2.45) is 0 Å². The lowest BCUT2D eigenvalue weighted by molar-refractivity contribution is 0.549. The second-order valence-corrected chi connectivity index (χ2v) is 5.81. The molecule has 1 aromatic rings. The van der Waals surface area contributed by atoms with Crippen LogP contribution < -0.4 is 10.0 Å². The van der Waals surface area contributed by atoms with E-state index in [0.717, 1.165) is 32.5 Å². The molecule has 6 nitrogen and oxygen atoms in total. The van der Waals surface area contributed by atoms with Crippen molar-refractivity contribution < 1.29 is 8.42 Å². The number of rotatable bonds is 9. The van der Waals surface area contributed by atoms with Gasteiger partial charge in [0.2, 0.25) is 10.0 Å². The summed E-state index contributed by atoms with van der Waals surface area (Å²) in [6.45, 7) is 7.00. The van der Waals surface area contributed by atoms with Gasteiger partial charge in [-0.3, -0.25) is 4.68 Å². The van der Waals surface area contributed by atoms with Gasteiger partial charge in [0.15, 0.2) is 0 Å². The van der Waals surface area contributed by atoms with Gasteiger partial charge in [0.05, 0.1) is 6.20 Å². The molecule has 0 aliphatic carbocycles. The Morgan fingerprint density at radius 3 is 2.78 bits per heavy atom. The average Bonchev–Trinajstić information content (AvgIpc) is 2.82. The molecule has 0 saturated heterocycles. The minimum absolute atomic E-state index is 0.236. The van der Waals surface area contributed by atoms with Crippen LogP contribution in [0.4, 0.5) is 0 Å². The first kappa shape index (κ1) is 15.1. The van der Waals surface area contributed by atoms with Crippen LogP contribution in [-0.4, -0.2) is 37.8 Å². The standard InChI is InChI=1S/C11H22N4O2S/c1-3-6-14-18(16,17)11-9-13-15(10-11)8-5-7-12-4-2/h9-10,12,14H,3-8H2,1-2H3. The summed E-state index contributed by atoms with van der Waals surface area (Å²) in [7, 11) is -3.39. The summed E-state index contributed by atoms with van der Waals surface area (Å²) in [5, 5.41) is 7.27. The SMILES string of the molecule is CCCNS(=O)(=O)c1cnn(CCCNCC)c1. The maximum Gasteiger partial charge on any atom is 0.243 e. The number of nitrogens with one attached hydrogen (secondary N) is 2. The zero-order valence-electron chi connectivity index (χ0n) is 11.0. The van der Waals surface area contributed by atoms with Gasteiger partial charge in [-0.1, -0.05) is 13.8 Å². The van der Waals surface area contributed by atoms with E-state index in [1.165, 1.54) is 6.20 Å². The molecule has 0 radical (unpaired) electrons. The molecule has 1 rings (SSSR count). The van der Waals surface area contributed by atoms with E-state index in [4.69, 9.17) is 0 Å². The van der Waals surface area contributed by atoms with Gasteiger partial charge in [-0.15, -0.1) is 0 Å². The fourth-order valence-corrected chi connectivity index (χ4v) is 2.55. The maximum atomic E-state index is 11.8. The van der Waals surface area contributed by atoms with E-state index in [2.05, 4.69) is 22.1 Å². The molecule has 0 spiro atoms. The van der Waals surface area contributed by atoms with Crippen LogP contribution in [0, 0.1) is 0 Å².